The minimum atomic E-state index is -0.944. The summed E-state index contributed by atoms with van der Waals surface area (Å²) in [5.41, 5.74) is 3.71. The van der Waals surface area contributed by atoms with E-state index in [0.717, 1.165) is 22.8 Å². The standard InChI is InChI=1S/C26H33F2NO4/c1-9-32-21(30)13-20(29-25(31)33-26(6,7)8)23-16(4)14(2)15(3)22(17(23)5)18-11-10-12-19(27)24(18)28/h10-12,20H,9,13H2,1-8H3,(H,29,31)/t20-/m0/s1. The van der Waals surface area contributed by atoms with Gasteiger partial charge in [-0.25, -0.2) is 13.6 Å². The number of carbonyl (C=O) groups excluding carboxylic acids is 2. The Morgan fingerprint density at radius 1 is 1.00 bits per heavy atom. The molecule has 0 saturated carbocycles. The number of hydrogen-bond donors (Lipinski definition) is 1. The Kier molecular flexibility index (Phi) is 8.22. The molecule has 0 unspecified atom stereocenters. The maximum Gasteiger partial charge on any atom is 0.408 e. The van der Waals surface area contributed by atoms with Crippen LogP contribution in [-0.4, -0.2) is 24.3 Å². The lowest BCUT2D eigenvalue weighted by molar-refractivity contribution is -0.143. The topological polar surface area (TPSA) is 64.6 Å². The van der Waals surface area contributed by atoms with E-state index in [1.807, 2.05) is 20.8 Å². The van der Waals surface area contributed by atoms with Gasteiger partial charge in [-0.15, -0.1) is 0 Å². The highest BCUT2D eigenvalue weighted by atomic mass is 19.2. The highest BCUT2D eigenvalue weighted by Crippen LogP contribution is 2.39. The van der Waals surface area contributed by atoms with Crippen molar-refractivity contribution in [3.63, 3.8) is 0 Å². The number of ether oxygens (including phenoxy) is 2. The molecule has 0 heterocycles. The van der Waals surface area contributed by atoms with Gasteiger partial charge in [0.1, 0.15) is 5.60 Å². The second-order valence-electron chi connectivity index (χ2n) is 9.10. The number of benzene rings is 2. The van der Waals surface area contributed by atoms with Crippen LogP contribution in [0, 0.1) is 39.3 Å². The Balaban J connectivity index is 2.71. The number of halogens is 2. The van der Waals surface area contributed by atoms with Crippen molar-refractivity contribution in [3.8, 4) is 11.1 Å². The van der Waals surface area contributed by atoms with Crippen LogP contribution >= 0.6 is 0 Å². The normalized spacial score (nSPS) is 12.3. The Hall–Kier alpha value is -2.96. The van der Waals surface area contributed by atoms with Crippen LogP contribution in [0.2, 0.25) is 0 Å². The monoisotopic (exact) mass is 461 g/mol. The van der Waals surface area contributed by atoms with Crippen LogP contribution in [0.5, 0.6) is 0 Å². The van der Waals surface area contributed by atoms with Gasteiger partial charge in [0.15, 0.2) is 11.6 Å². The summed E-state index contributed by atoms with van der Waals surface area (Å²) in [5.74, 6) is -2.38. The molecule has 0 fully saturated rings. The Bertz CT molecular complexity index is 1060. The fourth-order valence-electron chi connectivity index (χ4n) is 4.05. The first-order valence-corrected chi connectivity index (χ1v) is 11.0. The highest BCUT2D eigenvalue weighted by Gasteiger charge is 2.29. The van der Waals surface area contributed by atoms with Gasteiger partial charge in [-0.05, 0) is 94.8 Å². The van der Waals surface area contributed by atoms with Crippen LogP contribution in [0.15, 0.2) is 18.2 Å². The molecule has 0 aliphatic heterocycles. The first kappa shape index (κ1) is 26.3. The Morgan fingerprint density at radius 3 is 2.21 bits per heavy atom. The lowest BCUT2D eigenvalue weighted by Gasteiger charge is -2.28. The average molecular weight is 462 g/mol. The Morgan fingerprint density at radius 2 is 1.64 bits per heavy atom. The van der Waals surface area contributed by atoms with Crippen LogP contribution in [0.4, 0.5) is 13.6 Å². The fourth-order valence-corrected chi connectivity index (χ4v) is 4.05. The van der Waals surface area contributed by atoms with Crippen molar-refractivity contribution in [2.24, 2.45) is 0 Å². The van der Waals surface area contributed by atoms with E-state index in [1.54, 1.807) is 34.6 Å². The first-order chi connectivity index (χ1) is 15.3. The SMILES string of the molecule is CCOC(=O)C[C@H](NC(=O)OC(C)(C)C)c1c(C)c(C)c(C)c(-c2cccc(F)c2F)c1C. The van der Waals surface area contributed by atoms with E-state index >= 15 is 0 Å². The van der Waals surface area contributed by atoms with Gasteiger partial charge in [0.2, 0.25) is 0 Å². The number of amides is 1. The first-order valence-electron chi connectivity index (χ1n) is 11.0. The van der Waals surface area contributed by atoms with Gasteiger partial charge in [-0.2, -0.15) is 0 Å². The van der Waals surface area contributed by atoms with Crippen LogP contribution in [-0.2, 0) is 14.3 Å². The molecule has 1 atom stereocenters. The number of alkyl carbamates (subject to hydrolysis) is 1. The van der Waals surface area contributed by atoms with E-state index < -0.39 is 35.3 Å². The van der Waals surface area contributed by atoms with Gasteiger partial charge in [-0.3, -0.25) is 4.79 Å². The minimum absolute atomic E-state index is 0.126. The third-order valence-electron chi connectivity index (χ3n) is 5.62. The summed E-state index contributed by atoms with van der Waals surface area (Å²) < 4.78 is 39.3. The molecule has 0 spiro atoms. The van der Waals surface area contributed by atoms with E-state index in [2.05, 4.69) is 5.32 Å². The van der Waals surface area contributed by atoms with Gasteiger partial charge in [0.25, 0.3) is 0 Å². The molecule has 5 nitrogen and oxygen atoms in total. The highest BCUT2D eigenvalue weighted by molar-refractivity contribution is 5.78. The molecule has 0 radical (unpaired) electrons. The predicted molar refractivity (Wildman–Crippen MR) is 124 cm³/mol. The molecular formula is C26H33F2NO4. The third-order valence-corrected chi connectivity index (χ3v) is 5.62. The quantitative estimate of drug-likeness (QED) is 0.507. The van der Waals surface area contributed by atoms with Crippen molar-refractivity contribution < 1.29 is 27.8 Å². The predicted octanol–water partition coefficient (Wildman–Crippen LogP) is 6.38. The van der Waals surface area contributed by atoms with Crippen molar-refractivity contribution in [3.05, 3.63) is 57.7 Å². The molecule has 1 amide bonds. The summed E-state index contributed by atoms with van der Waals surface area (Å²) in [6.45, 7) is 14.5. The van der Waals surface area contributed by atoms with Gasteiger partial charge in [-0.1, -0.05) is 12.1 Å². The van der Waals surface area contributed by atoms with E-state index in [1.165, 1.54) is 12.1 Å². The summed E-state index contributed by atoms with van der Waals surface area (Å²) in [5, 5.41) is 2.78. The maximum atomic E-state index is 14.8. The fraction of sp³-hybridized carbons (Fsp3) is 0.462. The molecule has 2 rings (SSSR count). The molecule has 2 aromatic rings. The molecule has 33 heavy (non-hydrogen) atoms. The molecule has 180 valence electrons. The molecule has 0 bridgehead atoms. The molecule has 1 N–H and O–H groups in total. The summed E-state index contributed by atoms with van der Waals surface area (Å²) in [4.78, 5) is 25.0. The molecular weight excluding hydrogens is 428 g/mol. The summed E-state index contributed by atoms with van der Waals surface area (Å²) in [6.07, 6.45) is -0.824. The second-order valence-corrected chi connectivity index (χ2v) is 9.10. The average Bonchev–Trinajstić information content (AvgIpc) is 2.68. The van der Waals surface area contributed by atoms with Crippen LogP contribution in [0.3, 0.4) is 0 Å². The smallest absolute Gasteiger partial charge is 0.408 e. The molecule has 2 aromatic carbocycles. The molecule has 0 saturated heterocycles. The van der Waals surface area contributed by atoms with Gasteiger partial charge in [0.05, 0.1) is 19.1 Å². The van der Waals surface area contributed by atoms with Gasteiger partial charge >= 0.3 is 12.1 Å². The lowest BCUT2D eigenvalue weighted by Crippen LogP contribution is -2.36. The molecule has 0 aliphatic rings. The molecule has 0 aromatic heterocycles. The van der Waals surface area contributed by atoms with Crippen molar-refractivity contribution in [2.45, 2.75) is 73.5 Å². The maximum absolute atomic E-state index is 14.8. The van der Waals surface area contributed by atoms with Crippen LogP contribution in [0.25, 0.3) is 11.1 Å². The number of rotatable bonds is 6. The molecule has 0 aliphatic carbocycles. The number of nitrogens with one attached hydrogen (secondary N) is 1. The molecule has 7 heteroatoms. The number of esters is 1. The second kappa shape index (κ2) is 10.3. The van der Waals surface area contributed by atoms with E-state index in [-0.39, 0.29) is 18.6 Å². The van der Waals surface area contributed by atoms with Crippen molar-refractivity contribution in [1.29, 1.82) is 0 Å². The zero-order valence-electron chi connectivity index (χ0n) is 20.6. The van der Waals surface area contributed by atoms with E-state index in [0.29, 0.717) is 16.7 Å². The summed E-state index contributed by atoms with van der Waals surface area (Å²) in [6, 6.07) is 3.26. The van der Waals surface area contributed by atoms with Crippen molar-refractivity contribution >= 4 is 12.1 Å². The van der Waals surface area contributed by atoms with Gasteiger partial charge < -0.3 is 14.8 Å². The third kappa shape index (κ3) is 6.09. The van der Waals surface area contributed by atoms with E-state index in [4.69, 9.17) is 9.47 Å². The summed E-state index contributed by atoms with van der Waals surface area (Å²) >= 11 is 0. The van der Waals surface area contributed by atoms with Crippen LogP contribution < -0.4 is 5.32 Å². The summed E-state index contributed by atoms with van der Waals surface area (Å²) in [7, 11) is 0. The number of hydrogen-bond acceptors (Lipinski definition) is 4. The zero-order valence-corrected chi connectivity index (χ0v) is 20.6. The largest absolute Gasteiger partial charge is 0.466 e. The minimum Gasteiger partial charge on any atom is -0.466 e. The zero-order chi connectivity index (χ0) is 25.1. The van der Waals surface area contributed by atoms with Crippen LogP contribution in [0.1, 0.15) is 68.0 Å². The van der Waals surface area contributed by atoms with Gasteiger partial charge in [0, 0.05) is 5.56 Å². The Labute approximate surface area is 194 Å². The number of carbonyl (C=O) groups is 2. The van der Waals surface area contributed by atoms with Crippen molar-refractivity contribution in [2.75, 3.05) is 6.61 Å². The van der Waals surface area contributed by atoms with Crippen molar-refractivity contribution in [1.82, 2.24) is 5.32 Å². The van der Waals surface area contributed by atoms with E-state index in [9.17, 15) is 18.4 Å². The lowest BCUT2D eigenvalue weighted by atomic mass is 9.82.